The van der Waals surface area contributed by atoms with Gasteiger partial charge in [-0.2, -0.15) is 0 Å². The molecule has 2 aliphatic heterocycles. The summed E-state index contributed by atoms with van der Waals surface area (Å²) in [5, 5.41) is 0. The second kappa shape index (κ2) is 11.8. The molecule has 0 radical (unpaired) electrons. The fraction of sp³-hybridized carbons (Fsp3) is 0.464. The van der Waals surface area contributed by atoms with Crippen molar-refractivity contribution in [3.8, 4) is 12.3 Å². The summed E-state index contributed by atoms with van der Waals surface area (Å²) in [6.45, 7) is 4.63. The lowest BCUT2D eigenvalue weighted by Gasteiger charge is -2.50. The number of carbonyl (C=O) groups excluding carboxylic acids is 1. The Hall–Kier alpha value is -2.73. The maximum atomic E-state index is 13.1. The maximum absolute atomic E-state index is 13.1. The Morgan fingerprint density at radius 3 is 2.49 bits per heavy atom. The van der Waals surface area contributed by atoms with Crippen molar-refractivity contribution < 1.29 is 33.2 Å². The Morgan fingerprint density at radius 1 is 1.06 bits per heavy atom. The Bertz CT molecular complexity index is 985. The lowest BCUT2D eigenvalue weighted by Crippen LogP contribution is -2.66. The van der Waals surface area contributed by atoms with Gasteiger partial charge in [0.25, 0.3) is 0 Å². The van der Waals surface area contributed by atoms with E-state index in [9.17, 15) is 4.79 Å². The number of carbonyl (C=O) groups is 1. The van der Waals surface area contributed by atoms with E-state index in [1.54, 1.807) is 24.3 Å². The van der Waals surface area contributed by atoms with Crippen molar-refractivity contribution in [2.75, 3.05) is 13.2 Å². The van der Waals surface area contributed by atoms with E-state index in [4.69, 9.17) is 34.8 Å². The van der Waals surface area contributed by atoms with Crippen LogP contribution in [0.3, 0.4) is 0 Å². The van der Waals surface area contributed by atoms with Crippen molar-refractivity contribution in [3.05, 3.63) is 71.8 Å². The van der Waals surface area contributed by atoms with E-state index in [-0.39, 0.29) is 0 Å². The van der Waals surface area contributed by atoms with E-state index in [1.807, 2.05) is 50.2 Å². The van der Waals surface area contributed by atoms with E-state index >= 15 is 0 Å². The zero-order valence-corrected chi connectivity index (χ0v) is 20.1. The first-order valence-corrected chi connectivity index (χ1v) is 11.9. The summed E-state index contributed by atoms with van der Waals surface area (Å²) in [5.74, 6) is 1.27. The van der Waals surface area contributed by atoms with Gasteiger partial charge in [-0.1, -0.05) is 48.5 Å². The summed E-state index contributed by atoms with van der Waals surface area (Å²) in [4.78, 5) is 13.1. The monoisotopic (exact) mass is 480 g/mol. The lowest BCUT2D eigenvalue weighted by atomic mass is 9.96. The third-order valence-electron chi connectivity index (χ3n) is 5.89. The molecule has 5 atom stereocenters. The molecule has 2 fully saturated rings. The lowest BCUT2D eigenvalue weighted by molar-refractivity contribution is -0.386. The molecule has 0 bridgehead atoms. The standard InChI is InChI=1S/C28H32O7/c1-4-5-12-17-30-27-25(34-26(29)21-15-10-7-11-16-21)24(31-18-20-13-8-6-9-14-20)23-22(33-27)19-32-28(2,3)35-23/h1,6-11,13-16,22-25,27H,5,12,17-19H2,2-3H3/t22?,23-,24-,25?,27-/m1/s1. The van der Waals surface area contributed by atoms with Gasteiger partial charge in [-0.05, 0) is 38.0 Å². The van der Waals surface area contributed by atoms with E-state index in [0.717, 1.165) is 5.56 Å². The van der Waals surface area contributed by atoms with Crippen molar-refractivity contribution >= 4 is 5.97 Å². The minimum atomic E-state index is -0.868. The molecule has 2 aromatic rings. The predicted molar refractivity (Wildman–Crippen MR) is 128 cm³/mol. The second-order valence-electron chi connectivity index (χ2n) is 9.01. The van der Waals surface area contributed by atoms with Gasteiger partial charge >= 0.3 is 5.97 Å². The van der Waals surface area contributed by atoms with Crippen LogP contribution in [0.4, 0.5) is 0 Å². The summed E-state index contributed by atoms with van der Waals surface area (Å²) in [5.41, 5.74) is 1.41. The van der Waals surface area contributed by atoms with E-state index in [0.29, 0.717) is 38.2 Å². The summed E-state index contributed by atoms with van der Waals surface area (Å²) >= 11 is 0. The van der Waals surface area contributed by atoms with Gasteiger partial charge in [-0.25, -0.2) is 4.79 Å². The third-order valence-corrected chi connectivity index (χ3v) is 5.89. The number of hydrogen-bond acceptors (Lipinski definition) is 7. The molecule has 35 heavy (non-hydrogen) atoms. The highest BCUT2D eigenvalue weighted by molar-refractivity contribution is 5.89. The molecule has 4 rings (SSSR count). The van der Waals surface area contributed by atoms with Crippen LogP contribution < -0.4 is 0 Å². The molecule has 0 amide bonds. The molecule has 2 unspecified atom stereocenters. The average Bonchev–Trinajstić information content (AvgIpc) is 2.87. The van der Waals surface area contributed by atoms with Crippen LogP contribution in [0, 0.1) is 12.3 Å². The minimum absolute atomic E-state index is 0.298. The second-order valence-corrected chi connectivity index (χ2v) is 9.01. The van der Waals surface area contributed by atoms with Crippen LogP contribution in [0.25, 0.3) is 0 Å². The van der Waals surface area contributed by atoms with Crippen molar-refractivity contribution in [1.82, 2.24) is 0 Å². The zero-order valence-electron chi connectivity index (χ0n) is 20.1. The number of unbranched alkanes of at least 4 members (excludes halogenated alkanes) is 1. The Kier molecular flexibility index (Phi) is 8.55. The highest BCUT2D eigenvalue weighted by Crippen LogP contribution is 2.36. The van der Waals surface area contributed by atoms with Crippen molar-refractivity contribution in [3.63, 3.8) is 0 Å². The smallest absolute Gasteiger partial charge is 0.338 e. The van der Waals surface area contributed by atoms with Crippen LogP contribution in [0.1, 0.15) is 42.6 Å². The summed E-state index contributed by atoms with van der Waals surface area (Å²) < 4.78 is 36.7. The third kappa shape index (κ3) is 6.69. The molecule has 2 heterocycles. The largest absolute Gasteiger partial charge is 0.450 e. The summed E-state index contributed by atoms with van der Waals surface area (Å²) in [7, 11) is 0. The number of terminal acetylenes is 1. The first kappa shape index (κ1) is 25.4. The molecular formula is C28H32O7. The molecule has 2 aromatic carbocycles. The fourth-order valence-corrected chi connectivity index (χ4v) is 4.15. The van der Waals surface area contributed by atoms with Crippen molar-refractivity contribution in [1.29, 1.82) is 0 Å². The fourth-order valence-electron chi connectivity index (χ4n) is 4.15. The zero-order chi connectivity index (χ0) is 24.7. The SMILES string of the molecule is C#CCCCO[C@@H]1OC2COC(C)(C)O[C@H]2[C@@H](OCc2ccccc2)C1OC(=O)c1ccccc1. The molecule has 0 aliphatic carbocycles. The molecule has 2 aliphatic rings. The molecule has 0 saturated carbocycles. The number of fused-ring (bicyclic) bond motifs is 1. The maximum Gasteiger partial charge on any atom is 0.338 e. The Balaban J connectivity index is 1.60. The number of hydrogen-bond donors (Lipinski definition) is 0. The van der Waals surface area contributed by atoms with Crippen LogP contribution >= 0.6 is 0 Å². The topological polar surface area (TPSA) is 72.5 Å². The van der Waals surface area contributed by atoms with Crippen LogP contribution in [0.2, 0.25) is 0 Å². The van der Waals surface area contributed by atoms with E-state index < -0.39 is 42.5 Å². The number of benzene rings is 2. The van der Waals surface area contributed by atoms with Crippen LogP contribution in [0.15, 0.2) is 60.7 Å². The van der Waals surface area contributed by atoms with Gasteiger partial charge < -0.3 is 28.4 Å². The molecule has 7 heteroatoms. The minimum Gasteiger partial charge on any atom is -0.450 e. The normalized spacial score (nSPS) is 27.4. The van der Waals surface area contributed by atoms with Crippen LogP contribution in [-0.4, -0.2) is 55.7 Å². The molecule has 0 aromatic heterocycles. The van der Waals surface area contributed by atoms with E-state index in [1.165, 1.54) is 0 Å². The van der Waals surface area contributed by atoms with Gasteiger partial charge in [0.15, 0.2) is 18.2 Å². The summed E-state index contributed by atoms with van der Waals surface area (Å²) in [6, 6.07) is 18.6. The van der Waals surface area contributed by atoms with Crippen LogP contribution in [0.5, 0.6) is 0 Å². The van der Waals surface area contributed by atoms with Gasteiger partial charge in [-0.15, -0.1) is 12.3 Å². The van der Waals surface area contributed by atoms with Gasteiger partial charge in [0, 0.05) is 6.42 Å². The Labute approximate surface area is 206 Å². The van der Waals surface area contributed by atoms with Gasteiger partial charge in [-0.3, -0.25) is 0 Å². The van der Waals surface area contributed by atoms with Crippen LogP contribution in [-0.2, 0) is 35.0 Å². The van der Waals surface area contributed by atoms with Crippen molar-refractivity contribution in [2.24, 2.45) is 0 Å². The van der Waals surface area contributed by atoms with Gasteiger partial charge in [0.1, 0.15) is 18.3 Å². The van der Waals surface area contributed by atoms with E-state index in [2.05, 4.69) is 5.92 Å². The first-order valence-electron chi connectivity index (χ1n) is 11.9. The molecule has 7 nitrogen and oxygen atoms in total. The molecular weight excluding hydrogens is 448 g/mol. The van der Waals surface area contributed by atoms with Gasteiger partial charge in [0.2, 0.25) is 0 Å². The number of rotatable bonds is 9. The summed E-state index contributed by atoms with van der Waals surface area (Å²) in [6.07, 6.45) is 3.24. The average molecular weight is 481 g/mol. The quantitative estimate of drug-likeness (QED) is 0.304. The Morgan fingerprint density at radius 2 is 1.77 bits per heavy atom. The first-order chi connectivity index (χ1) is 17.0. The highest BCUT2D eigenvalue weighted by Gasteiger charge is 2.54. The number of esters is 1. The molecule has 0 N–H and O–H groups in total. The molecule has 186 valence electrons. The number of ether oxygens (including phenoxy) is 6. The van der Waals surface area contributed by atoms with Gasteiger partial charge in [0.05, 0.1) is 25.4 Å². The molecule has 2 saturated heterocycles. The highest BCUT2D eigenvalue weighted by atomic mass is 16.8. The van der Waals surface area contributed by atoms with Crippen molar-refractivity contribution in [2.45, 2.75) is 69.8 Å². The molecule has 0 spiro atoms. The predicted octanol–water partition coefficient (Wildman–Crippen LogP) is 4.10.